The summed E-state index contributed by atoms with van der Waals surface area (Å²) >= 11 is 0. The van der Waals surface area contributed by atoms with Crippen LogP contribution in [0.25, 0.3) is 22.8 Å². The molecule has 2 amide bonds. The summed E-state index contributed by atoms with van der Waals surface area (Å²) < 4.78 is 52.4. The number of alkyl halides is 3. The van der Waals surface area contributed by atoms with Gasteiger partial charge in [0.1, 0.15) is 18.4 Å². The van der Waals surface area contributed by atoms with Crippen LogP contribution < -0.4 is 15.0 Å². The summed E-state index contributed by atoms with van der Waals surface area (Å²) in [6.45, 7) is 0.180. The highest BCUT2D eigenvalue weighted by atomic mass is 19.4. The second kappa shape index (κ2) is 12.8. The van der Waals surface area contributed by atoms with Gasteiger partial charge in [0.25, 0.3) is 5.89 Å². The van der Waals surface area contributed by atoms with Gasteiger partial charge in [-0.2, -0.15) is 10.2 Å². The van der Waals surface area contributed by atoms with E-state index < -0.39 is 42.5 Å². The molecule has 3 aromatic carbocycles. The first kappa shape index (κ1) is 30.5. The second-order valence-corrected chi connectivity index (χ2v) is 9.77. The van der Waals surface area contributed by atoms with Crippen LogP contribution >= 0.6 is 0 Å². The highest BCUT2D eigenvalue weighted by Gasteiger charge is 2.32. The molecule has 2 heterocycles. The van der Waals surface area contributed by atoms with Crippen molar-refractivity contribution in [1.29, 1.82) is 5.26 Å². The molecule has 4 aromatic rings. The molecule has 0 bridgehead atoms. The van der Waals surface area contributed by atoms with E-state index in [-0.39, 0.29) is 36.0 Å². The van der Waals surface area contributed by atoms with Crippen LogP contribution in [0.1, 0.15) is 23.1 Å². The third-order valence-electron chi connectivity index (χ3n) is 6.66. The predicted molar refractivity (Wildman–Crippen MR) is 148 cm³/mol. The van der Waals surface area contributed by atoms with Crippen LogP contribution in [-0.2, 0) is 27.4 Å². The number of carboxylic acid groups (broad SMARTS) is 1. The van der Waals surface area contributed by atoms with E-state index in [1.807, 2.05) is 0 Å². The van der Waals surface area contributed by atoms with Crippen LogP contribution in [0.4, 0.5) is 23.7 Å². The van der Waals surface area contributed by atoms with Gasteiger partial charge in [0.15, 0.2) is 0 Å². The molecular weight excluding hydrogens is 599 g/mol. The van der Waals surface area contributed by atoms with E-state index >= 15 is 0 Å². The van der Waals surface area contributed by atoms with E-state index in [1.54, 1.807) is 54.6 Å². The maximum absolute atomic E-state index is 13.1. The van der Waals surface area contributed by atoms with Crippen molar-refractivity contribution in [2.24, 2.45) is 0 Å². The second-order valence-electron chi connectivity index (χ2n) is 9.77. The zero-order chi connectivity index (χ0) is 32.1. The lowest BCUT2D eigenvalue weighted by Gasteiger charge is -2.20. The van der Waals surface area contributed by atoms with Crippen molar-refractivity contribution >= 4 is 23.7 Å². The average molecular weight is 622 g/mol. The molecule has 0 radical (unpaired) electrons. The summed E-state index contributed by atoms with van der Waals surface area (Å²) in [7, 11) is 0. The first-order valence-corrected chi connectivity index (χ1v) is 13.3. The number of carbonyl (C=O) groups is 3. The number of amides is 2. The number of nitriles is 1. The average Bonchev–Trinajstić information content (AvgIpc) is 3.67. The fourth-order valence-electron chi connectivity index (χ4n) is 4.63. The molecule has 1 aliphatic heterocycles. The number of hydrogen-bond donors (Lipinski definition) is 2. The third-order valence-corrected chi connectivity index (χ3v) is 6.66. The van der Waals surface area contributed by atoms with Crippen molar-refractivity contribution in [2.45, 2.75) is 31.9 Å². The number of nitrogens with one attached hydrogen (secondary N) is 1. The van der Waals surface area contributed by atoms with Gasteiger partial charge >= 0.3 is 18.4 Å². The van der Waals surface area contributed by atoms with Crippen molar-refractivity contribution < 1.29 is 46.7 Å². The van der Waals surface area contributed by atoms with Crippen molar-refractivity contribution in [1.82, 2.24) is 15.5 Å². The van der Waals surface area contributed by atoms with Gasteiger partial charge in [-0.3, -0.25) is 4.79 Å². The molecule has 5 rings (SSSR count). The van der Waals surface area contributed by atoms with E-state index in [4.69, 9.17) is 9.26 Å². The predicted octanol–water partition coefficient (Wildman–Crippen LogP) is 4.83. The summed E-state index contributed by atoms with van der Waals surface area (Å²) in [6, 6.07) is 17.2. The maximum atomic E-state index is 13.1. The summed E-state index contributed by atoms with van der Waals surface area (Å²) in [6.07, 6.45) is -6.04. The number of carbonyl (C=O) groups excluding carboxylic acids is 2. The Morgan fingerprint density at radius 1 is 1.09 bits per heavy atom. The molecule has 1 atom stereocenters. The van der Waals surface area contributed by atoms with Crippen molar-refractivity contribution in [2.75, 3.05) is 11.4 Å². The Morgan fingerprint density at radius 3 is 2.58 bits per heavy atom. The quantitative estimate of drug-likeness (QED) is 0.264. The van der Waals surface area contributed by atoms with Gasteiger partial charge in [0, 0.05) is 23.4 Å². The van der Waals surface area contributed by atoms with Gasteiger partial charge < -0.3 is 29.3 Å². The van der Waals surface area contributed by atoms with Crippen molar-refractivity contribution in [3.8, 4) is 34.7 Å². The summed E-state index contributed by atoms with van der Waals surface area (Å²) in [5.41, 5.74) is 2.36. The summed E-state index contributed by atoms with van der Waals surface area (Å²) in [4.78, 5) is 42.7. The van der Waals surface area contributed by atoms with Gasteiger partial charge in [-0.15, -0.1) is 13.2 Å². The topological polar surface area (TPSA) is 168 Å². The Balaban J connectivity index is 1.26. The molecule has 230 valence electrons. The number of halogens is 3. The lowest BCUT2D eigenvalue weighted by molar-refractivity contribution is -0.274. The molecule has 1 aromatic heterocycles. The highest BCUT2D eigenvalue weighted by Crippen LogP contribution is 2.34. The normalized spacial score (nSPS) is 13.0. The molecule has 0 spiro atoms. The molecule has 12 nitrogen and oxygen atoms in total. The molecule has 45 heavy (non-hydrogen) atoms. The number of carboxylic acids is 1. The number of benzene rings is 3. The van der Waals surface area contributed by atoms with Crippen LogP contribution in [0.15, 0.2) is 71.3 Å². The Labute approximate surface area is 252 Å². The number of alkyl carbamates (subject to hydrolysis) is 1. The number of hydrogen-bond acceptors (Lipinski definition) is 9. The van der Waals surface area contributed by atoms with Gasteiger partial charge in [-0.05, 0) is 53.9 Å². The number of aliphatic carboxylic acids is 1. The van der Waals surface area contributed by atoms with Crippen LogP contribution in [-0.4, -0.2) is 52.2 Å². The first-order chi connectivity index (χ1) is 21.5. The number of rotatable bonds is 9. The number of nitrogens with zero attached hydrogens (tertiary/aromatic N) is 4. The maximum Gasteiger partial charge on any atom is 0.573 e. The summed E-state index contributed by atoms with van der Waals surface area (Å²) in [5, 5.41) is 24.9. The zero-order valence-corrected chi connectivity index (χ0v) is 23.1. The number of aromatic nitrogens is 2. The van der Waals surface area contributed by atoms with Gasteiger partial charge in [-0.1, -0.05) is 35.5 Å². The Kier molecular flexibility index (Phi) is 8.66. The molecule has 1 aliphatic rings. The minimum atomic E-state index is -4.97. The Bertz CT molecular complexity index is 1790. The number of ether oxygens (including phenoxy) is 2. The lowest BCUT2D eigenvalue weighted by atomic mass is 10.1. The molecule has 1 unspecified atom stereocenters. The van der Waals surface area contributed by atoms with Crippen molar-refractivity contribution in [3.05, 3.63) is 83.4 Å². The number of anilines is 1. The van der Waals surface area contributed by atoms with Crippen LogP contribution in [0, 0.1) is 11.3 Å². The number of fused-ring (bicyclic) bond motifs is 1. The molecule has 2 N–H and O–H groups in total. The van der Waals surface area contributed by atoms with E-state index in [0.29, 0.717) is 23.2 Å². The van der Waals surface area contributed by atoms with Gasteiger partial charge in [-0.25, -0.2) is 9.59 Å². The smallest absolute Gasteiger partial charge is 0.480 e. The Hall–Kier alpha value is -5.91. The minimum absolute atomic E-state index is 0.0375. The third kappa shape index (κ3) is 7.54. The molecule has 0 saturated heterocycles. The molecule has 0 aliphatic carbocycles. The monoisotopic (exact) mass is 621 g/mol. The zero-order valence-electron chi connectivity index (χ0n) is 23.1. The fraction of sp³-hybridized carbons (Fsp3) is 0.200. The molecule has 15 heteroatoms. The van der Waals surface area contributed by atoms with Crippen LogP contribution in [0.3, 0.4) is 0 Å². The van der Waals surface area contributed by atoms with E-state index in [1.165, 1.54) is 11.0 Å². The molecular formula is C30H22F3N5O7. The van der Waals surface area contributed by atoms with Gasteiger partial charge in [0.2, 0.25) is 11.7 Å². The van der Waals surface area contributed by atoms with E-state index in [9.17, 15) is 37.9 Å². The van der Waals surface area contributed by atoms with Crippen LogP contribution in [0.5, 0.6) is 5.75 Å². The fourth-order valence-corrected chi connectivity index (χ4v) is 4.63. The highest BCUT2D eigenvalue weighted by molar-refractivity contribution is 5.98. The van der Waals surface area contributed by atoms with E-state index in [2.05, 4.69) is 20.2 Å². The standard InChI is InChI=1S/C30H22F3N5O7/c31-30(32,33)44-22-11-18(15-34)10-21(13-22)27-36-26(37-45-27)20-6-7-24-19(12-20)8-9-38(24)25(39)14-23(28(40)41)35-29(42)43-16-17-4-2-1-3-5-17/h1-7,10-13,23H,8-9,14,16H2,(H,35,42)(H,40,41). The van der Waals surface area contributed by atoms with Gasteiger partial charge in [0.05, 0.1) is 18.1 Å². The van der Waals surface area contributed by atoms with Crippen LogP contribution in [0.2, 0.25) is 0 Å². The minimum Gasteiger partial charge on any atom is -0.480 e. The van der Waals surface area contributed by atoms with E-state index in [0.717, 1.165) is 17.7 Å². The summed E-state index contributed by atoms with van der Waals surface area (Å²) in [5.74, 6) is -2.61. The Morgan fingerprint density at radius 2 is 1.87 bits per heavy atom. The molecule has 0 fully saturated rings. The first-order valence-electron chi connectivity index (χ1n) is 13.3. The lowest BCUT2D eigenvalue weighted by Crippen LogP contribution is -2.45. The van der Waals surface area contributed by atoms with Crippen molar-refractivity contribution in [3.63, 3.8) is 0 Å². The SMILES string of the molecule is N#Cc1cc(OC(F)(F)F)cc(-c2nc(-c3ccc4c(c3)CCN4C(=O)CC(NC(=O)OCc3ccccc3)C(=O)O)no2)c1. The molecule has 0 saturated carbocycles. The largest absolute Gasteiger partial charge is 0.573 e.